The molecule has 2 fully saturated rings. The number of nitrogens with zero attached hydrogens (tertiary/aromatic N) is 2. The monoisotopic (exact) mass is 381 g/mol. The SMILES string of the molecule is O=C(c1ccc(CSc2ccccc2)cc1)N1CCC(N2CCNCC2)C1. The molecule has 2 aromatic rings. The molecule has 0 aromatic heterocycles. The van der Waals surface area contributed by atoms with E-state index in [2.05, 4.69) is 46.6 Å². The fraction of sp³-hybridized carbons (Fsp3) is 0.409. The summed E-state index contributed by atoms with van der Waals surface area (Å²) in [7, 11) is 0. The number of likely N-dealkylation sites (tertiary alicyclic amines) is 1. The quantitative estimate of drug-likeness (QED) is 0.808. The topological polar surface area (TPSA) is 35.6 Å². The molecule has 1 unspecified atom stereocenters. The maximum absolute atomic E-state index is 12.9. The second-order valence-corrected chi connectivity index (χ2v) is 8.33. The van der Waals surface area contributed by atoms with Crippen LogP contribution < -0.4 is 5.32 Å². The molecule has 0 saturated carbocycles. The van der Waals surface area contributed by atoms with Crippen LogP contribution in [0.1, 0.15) is 22.3 Å². The van der Waals surface area contributed by atoms with E-state index in [1.54, 1.807) is 0 Å². The third kappa shape index (κ3) is 4.72. The molecule has 2 aliphatic heterocycles. The number of thioether (sulfide) groups is 1. The summed E-state index contributed by atoms with van der Waals surface area (Å²) < 4.78 is 0. The van der Waals surface area contributed by atoms with Gasteiger partial charge in [-0.15, -0.1) is 11.8 Å². The zero-order valence-corrected chi connectivity index (χ0v) is 16.5. The van der Waals surface area contributed by atoms with E-state index in [0.29, 0.717) is 6.04 Å². The Balaban J connectivity index is 1.31. The Morgan fingerprint density at radius 2 is 1.74 bits per heavy atom. The number of amides is 1. The fourth-order valence-corrected chi connectivity index (χ4v) is 4.76. The van der Waals surface area contributed by atoms with Gasteiger partial charge in [0.1, 0.15) is 0 Å². The number of hydrogen-bond acceptors (Lipinski definition) is 4. The van der Waals surface area contributed by atoms with Crippen LogP contribution >= 0.6 is 11.8 Å². The van der Waals surface area contributed by atoms with Crippen molar-refractivity contribution in [3.8, 4) is 0 Å². The molecular formula is C22H27N3OS. The summed E-state index contributed by atoms with van der Waals surface area (Å²) >= 11 is 1.82. The second kappa shape index (κ2) is 8.91. The number of piperazine rings is 1. The molecule has 2 heterocycles. The molecule has 2 saturated heterocycles. The lowest BCUT2D eigenvalue weighted by Crippen LogP contribution is -2.49. The van der Waals surface area contributed by atoms with E-state index in [1.165, 1.54) is 10.5 Å². The highest BCUT2D eigenvalue weighted by Crippen LogP contribution is 2.23. The Bertz CT molecular complexity index is 744. The Hall–Kier alpha value is -1.82. The van der Waals surface area contributed by atoms with E-state index in [-0.39, 0.29) is 5.91 Å². The van der Waals surface area contributed by atoms with Crippen LogP contribution in [0.4, 0.5) is 0 Å². The first-order chi connectivity index (χ1) is 13.3. The summed E-state index contributed by atoms with van der Waals surface area (Å²) in [4.78, 5) is 18.7. The fourth-order valence-electron chi connectivity index (χ4n) is 3.88. The molecule has 1 amide bonds. The molecule has 0 radical (unpaired) electrons. The number of benzene rings is 2. The number of hydrogen-bond donors (Lipinski definition) is 1. The number of nitrogens with one attached hydrogen (secondary N) is 1. The lowest BCUT2D eigenvalue weighted by Gasteiger charge is -2.32. The Labute approximate surface area is 165 Å². The lowest BCUT2D eigenvalue weighted by molar-refractivity contribution is 0.0773. The number of carbonyl (C=O) groups is 1. The van der Waals surface area contributed by atoms with Crippen molar-refractivity contribution >= 4 is 17.7 Å². The molecule has 0 aliphatic carbocycles. The Morgan fingerprint density at radius 1 is 1.00 bits per heavy atom. The second-order valence-electron chi connectivity index (χ2n) is 7.28. The van der Waals surface area contributed by atoms with E-state index in [9.17, 15) is 4.79 Å². The van der Waals surface area contributed by atoms with Crippen molar-refractivity contribution in [3.05, 3.63) is 65.7 Å². The van der Waals surface area contributed by atoms with Crippen molar-refractivity contribution in [2.24, 2.45) is 0 Å². The Kier molecular flexibility index (Phi) is 6.12. The van der Waals surface area contributed by atoms with Crippen LogP contribution in [-0.2, 0) is 5.75 Å². The average molecular weight is 382 g/mol. The van der Waals surface area contributed by atoms with Crippen LogP contribution in [0, 0.1) is 0 Å². The van der Waals surface area contributed by atoms with Crippen LogP contribution in [-0.4, -0.2) is 61.0 Å². The molecule has 1 N–H and O–H groups in total. The summed E-state index contributed by atoms with van der Waals surface area (Å²) in [6.07, 6.45) is 1.09. The van der Waals surface area contributed by atoms with Gasteiger partial charge in [-0.05, 0) is 36.2 Å². The van der Waals surface area contributed by atoms with Crippen LogP contribution in [0.15, 0.2) is 59.5 Å². The Morgan fingerprint density at radius 3 is 2.48 bits per heavy atom. The van der Waals surface area contributed by atoms with E-state index >= 15 is 0 Å². The lowest BCUT2D eigenvalue weighted by atomic mass is 10.1. The molecule has 4 rings (SSSR count). The highest BCUT2D eigenvalue weighted by atomic mass is 32.2. The molecule has 2 aliphatic rings. The first-order valence-corrected chi connectivity index (χ1v) is 10.8. The molecule has 0 bridgehead atoms. The highest BCUT2D eigenvalue weighted by Gasteiger charge is 2.31. The zero-order chi connectivity index (χ0) is 18.5. The van der Waals surface area contributed by atoms with Crippen LogP contribution in [0.5, 0.6) is 0 Å². The minimum Gasteiger partial charge on any atom is -0.337 e. The molecule has 5 heteroatoms. The van der Waals surface area contributed by atoms with Crippen molar-refractivity contribution in [2.45, 2.75) is 23.1 Å². The van der Waals surface area contributed by atoms with Crippen molar-refractivity contribution in [3.63, 3.8) is 0 Å². The van der Waals surface area contributed by atoms with Gasteiger partial charge in [0, 0.05) is 61.5 Å². The third-order valence-corrected chi connectivity index (χ3v) is 6.55. The normalized spacial score (nSPS) is 20.7. The minimum absolute atomic E-state index is 0.176. The summed E-state index contributed by atoms with van der Waals surface area (Å²) in [6.45, 7) is 6.06. The van der Waals surface area contributed by atoms with Gasteiger partial charge in [0.15, 0.2) is 0 Å². The van der Waals surface area contributed by atoms with E-state index in [0.717, 1.165) is 57.0 Å². The van der Waals surface area contributed by atoms with Gasteiger partial charge >= 0.3 is 0 Å². The molecule has 4 nitrogen and oxygen atoms in total. The van der Waals surface area contributed by atoms with E-state index < -0.39 is 0 Å². The maximum atomic E-state index is 12.9. The standard InChI is InChI=1S/C22H27N3OS/c26-22(25-13-10-20(16-25)24-14-11-23-12-15-24)19-8-6-18(7-9-19)17-27-21-4-2-1-3-5-21/h1-9,20,23H,10-17H2. The first-order valence-electron chi connectivity index (χ1n) is 9.80. The van der Waals surface area contributed by atoms with Gasteiger partial charge in [0.2, 0.25) is 0 Å². The van der Waals surface area contributed by atoms with Crippen LogP contribution in [0.2, 0.25) is 0 Å². The molecule has 142 valence electrons. The van der Waals surface area contributed by atoms with E-state index in [4.69, 9.17) is 0 Å². The molecular weight excluding hydrogens is 354 g/mol. The van der Waals surface area contributed by atoms with Crippen LogP contribution in [0.25, 0.3) is 0 Å². The smallest absolute Gasteiger partial charge is 0.253 e. The van der Waals surface area contributed by atoms with Gasteiger partial charge in [-0.2, -0.15) is 0 Å². The van der Waals surface area contributed by atoms with Crippen molar-refractivity contribution in [2.75, 3.05) is 39.3 Å². The largest absolute Gasteiger partial charge is 0.337 e. The summed E-state index contributed by atoms with van der Waals surface area (Å²) in [5, 5.41) is 3.40. The van der Waals surface area contributed by atoms with Gasteiger partial charge in [-0.3, -0.25) is 9.69 Å². The van der Waals surface area contributed by atoms with Crippen molar-refractivity contribution in [1.29, 1.82) is 0 Å². The first kappa shape index (κ1) is 18.5. The molecule has 0 spiro atoms. The molecule has 2 aromatic carbocycles. The minimum atomic E-state index is 0.176. The van der Waals surface area contributed by atoms with Gasteiger partial charge in [0.25, 0.3) is 5.91 Å². The van der Waals surface area contributed by atoms with Gasteiger partial charge < -0.3 is 10.2 Å². The predicted molar refractivity (Wildman–Crippen MR) is 111 cm³/mol. The van der Waals surface area contributed by atoms with Gasteiger partial charge in [0.05, 0.1) is 0 Å². The molecule has 1 atom stereocenters. The number of carbonyl (C=O) groups excluding carboxylic acids is 1. The van der Waals surface area contributed by atoms with Crippen LogP contribution in [0.3, 0.4) is 0 Å². The van der Waals surface area contributed by atoms with Gasteiger partial charge in [-0.25, -0.2) is 0 Å². The average Bonchev–Trinajstić information content (AvgIpc) is 3.24. The third-order valence-electron chi connectivity index (χ3n) is 5.47. The number of rotatable bonds is 5. The maximum Gasteiger partial charge on any atom is 0.253 e. The summed E-state index contributed by atoms with van der Waals surface area (Å²) in [5.41, 5.74) is 2.06. The molecule has 27 heavy (non-hydrogen) atoms. The van der Waals surface area contributed by atoms with Crippen molar-refractivity contribution < 1.29 is 4.79 Å². The summed E-state index contributed by atoms with van der Waals surface area (Å²) in [6, 6.07) is 19.1. The van der Waals surface area contributed by atoms with Gasteiger partial charge in [-0.1, -0.05) is 30.3 Å². The van der Waals surface area contributed by atoms with E-state index in [1.807, 2.05) is 34.9 Å². The summed E-state index contributed by atoms with van der Waals surface area (Å²) in [5.74, 6) is 1.10. The van der Waals surface area contributed by atoms with Crippen molar-refractivity contribution in [1.82, 2.24) is 15.1 Å². The zero-order valence-electron chi connectivity index (χ0n) is 15.6. The highest BCUT2D eigenvalue weighted by molar-refractivity contribution is 7.98. The predicted octanol–water partition coefficient (Wildman–Crippen LogP) is 3.10.